The number of halogens is 2. The summed E-state index contributed by atoms with van der Waals surface area (Å²) in [7, 11) is 0. The fourth-order valence-electron chi connectivity index (χ4n) is 2.46. The SMILES string of the molecule is CCCCCCC(c1ccc(Cl)cc1Cl)n1ccnc1. The van der Waals surface area contributed by atoms with Gasteiger partial charge in [-0.15, -0.1) is 0 Å². The minimum atomic E-state index is 0.235. The molecule has 0 N–H and O–H groups in total. The standard InChI is InChI=1S/C16H20Cl2N2/c1-2-3-4-5-6-16(20-10-9-19-12-20)14-8-7-13(17)11-15(14)18/h7-12,16H,2-6H2,1H3. The molecular formula is C16H20Cl2N2. The van der Waals surface area contributed by atoms with E-state index in [1.165, 1.54) is 25.7 Å². The van der Waals surface area contributed by atoms with Gasteiger partial charge >= 0.3 is 0 Å². The van der Waals surface area contributed by atoms with Gasteiger partial charge in [0.2, 0.25) is 0 Å². The van der Waals surface area contributed by atoms with E-state index >= 15 is 0 Å². The molecule has 20 heavy (non-hydrogen) atoms. The monoisotopic (exact) mass is 310 g/mol. The normalized spacial score (nSPS) is 12.6. The van der Waals surface area contributed by atoms with Crippen molar-refractivity contribution in [2.45, 2.75) is 45.1 Å². The third-order valence-corrected chi connectivity index (χ3v) is 4.10. The Morgan fingerprint density at radius 2 is 2.05 bits per heavy atom. The van der Waals surface area contributed by atoms with Gasteiger partial charge in [0.1, 0.15) is 0 Å². The first-order valence-electron chi connectivity index (χ1n) is 7.14. The Hall–Kier alpha value is -0.990. The number of benzene rings is 1. The second-order valence-corrected chi connectivity index (χ2v) is 5.88. The maximum Gasteiger partial charge on any atom is 0.0951 e. The summed E-state index contributed by atoms with van der Waals surface area (Å²) in [5.74, 6) is 0. The van der Waals surface area contributed by atoms with Crippen LogP contribution in [0.15, 0.2) is 36.9 Å². The highest BCUT2D eigenvalue weighted by molar-refractivity contribution is 6.35. The predicted octanol–water partition coefficient (Wildman–Crippen LogP) is 5.75. The molecule has 0 aliphatic carbocycles. The Morgan fingerprint density at radius 3 is 2.70 bits per heavy atom. The maximum absolute atomic E-state index is 6.36. The van der Waals surface area contributed by atoms with Crippen LogP contribution in [0, 0.1) is 0 Å². The van der Waals surface area contributed by atoms with Crippen molar-refractivity contribution in [2.75, 3.05) is 0 Å². The minimum absolute atomic E-state index is 0.235. The van der Waals surface area contributed by atoms with Crippen LogP contribution in [0.1, 0.15) is 50.6 Å². The zero-order valence-electron chi connectivity index (χ0n) is 11.7. The molecule has 0 aliphatic rings. The first-order valence-corrected chi connectivity index (χ1v) is 7.90. The summed E-state index contributed by atoms with van der Waals surface area (Å²) in [4.78, 5) is 4.15. The van der Waals surface area contributed by atoms with Gasteiger partial charge in [0.15, 0.2) is 0 Å². The lowest BCUT2D eigenvalue weighted by Gasteiger charge is -2.20. The van der Waals surface area contributed by atoms with E-state index in [2.05, 4.69) is 16.5 Å². The Labute approximate surface area is 130 Å². The number of hydrogen-bond acceptors (Lipinski definition) is 1. The van der Waals surface area contributed by atoms with Crippen LogP contribution < -0.4 is 0 Å². The lowest BCUT2D eigenvalue weighted by molar-refractivity contribution is 0.499. The Balaban J connectivity index is 2.18. The lowest BCUT2D eigenvalue weighted by Crippen LogP contribution is -2.09. The molecule has 0 bridgehead atoms. The van der Waals surface area contributed by atoms with Crippen LogP contribution in [0.3, 0.4) is 0 Å². The van der Waals surface area contributed by atoms with Crippen LogP contribution in [-0.2, 0) is 0 Å². The van der Waals surface area contributed by atoms with Crippen molar-refractivity contribution in [3.63, 3.8) is 0 Å². The highest BCUT2D eigenvalue weighted by Crippen LogP contribution is 2.32. The molecule has 4 heteroatoms. The van der Waals surface area contributed by atoms with Gasteiger partial charge in [-0.05, 0) is 24.1 Å². The molecule has 0 aliphatic heterocycles. The van der Waals surface area contributed by atoms with Gasteiger partial charge in [0.25, 0.3) is 0 Å². The van der Waals surface area contributed by atoms with Gasteiger partial charge in [-0.2, -0.15) is 0 Å². The predicted molar refractivity (Wildman–Crippen MR) is 85.6 cm³/mol. The zero-order valence-corrected chi connectivity index (χ0v) is 13.2. The highest BCUT2D eigenvalue weighted by atomic mass is 35.5. The molecule has 0 spiro atoms. The van der Waals surface area contributed by atoms with E-state index in [1.54, 1.807) is 0 Å². The van der Waals surface area contributed by atoms with E-state index in [0.29, 0.717) is 5.02 Å². The van der Waals surface area contributed by atoms with Crippen LogP contribution in [-0.4, -0.2) is 9.55 Å². The van der Waals surface area contributed by atoms with Crippen molar-refractivity contribution in [2.24, 2.45) is 0 Å². The highest BCUT2D eigenvalue weighted by Gasteiger charge is 2.16. The fraction of sp³-hybridized carbons (Fsp3) is 0.438. The van der Waals surface area contributed by atoms with E-state index < -0.39 is 0 Å². The molecule has 0 fully saturated rings. The summed E-state index contributed by atoms with van der Waals surface area (Å²) >= 11 is 12.4. The van der Waals surface area contributed by atoms with E-state index in [1.807, 2.05) is 36.9 Å². The van der Waals surface area contributed by atoms with Gasteiger partial charge in [-0.3, -0.25) is 0 Å². The van der Waals surface area contributed by atoms with Crippen molar-refractivity contribution in [3.8, 4) is 0 Å². The van der Waals surface area contributed by atoms with Crippen molar-refractivity contribution in [1.29, 1.82) is 0 Å². The molecule has 0 saturated heterocycles. The first kappa shape index (κ1) is 15.4. The average Bonchev–Trinajstić information content (AvgIpc) is 2.94. The summed E-state index contributed by atoms with van der Waals surface area (Å²) in [6, 6.07) is 5.97. The first-order chi connectivity index (χ1) is 9.72. The molecule has 1 aromatic carbocycles. The molecule has 0 radical (unpaired) electrons. The minimum Gasteiger partial charge on any atom is -0.330 e. The molecule has 1 atom stereocenters. The fourth-order valence-corrected chi connectivity index (χ4v) is 2.99. The molecule has 0 saturated carbocycles. The van der Waals surface area contributed by atoms with Crippen LogP contribution in [0.2, 0.25) is 10.0 Å². The summed E-state index contributed by atoms with van der Waals surface area (Å²) in [6.45, 7) is 2.23. The summed E-state index contributed by atoms with van der Waals surface area (Å²) in [5, 5.41) is 1.40. The van der Waals surface area contributed by atoms with E-state index in [4.69, 9.17) is 23.2 Å². The molecule has 108 valence electrons. The van der Waals surface area contributed by atoms with Gasteiger partial charge in [0.05, 0.1) is 12.4 Å². The van der Waals surface area contributed by atoms with Crippen LogP contribution in [0.4, 0.5) is 0 Å². The molecule has 1 aromatic heterocycles. The van der Waals surface area contributed by atoms with Crippen molar-refractivity contribution in [3.05, 3.63) is 52.5 Å². The van der Waals surface area contributed by atoms with Crippen LogP contribution in [0.5, 0.6) is 0 Å². The van der Waals surface area contributed by atoms with Gasteiger partial charge < -0.3 is 4.57 Å². The van der Waals surface area contributed by atoms with Gasteiger partial charge in [0, 0.05) is 22.4 Å². The Kier molecular flexibility index (Phi) is 5.93. The number of imidazole rings is 1. The number of hydrogen-bond donors (Lipinski definition) is 0. The molecule has 2 nitrogen and oxygen atoms in total. The van der Waals surface area contributed by atoms with Gasteiger partial charge in [-0.1, -0.05) is 61.9 Å². The molecule has 1 heterocycles. The summed E-state index contributed by atoms with van der Waals surface area (Å²) in [6.07, 6.45) is 11.7. The smallest absolute Gasteiger partial charge is 0.0951 e. The average molecular weight is 311 g/mol. The number of rotatable bonds is 7. The molecule has 1 unspecified atom stereocenters. The quantitative estimate of drug-likeness (QED) is 0.595. The number of unbranched alkanes of at least 4 members (excludes halogenated alkanes) is 3. The largest absolute Gasteiger partial charge is 0.330 e. The van der Waals surface area contributed by atoms with E-state index in [-0.39, 0.29) is 6.04 Å². The zero-order chi connectivity index (χ0) is 14.4. The molecule has 2 rings (SSSR count). The third kappa shape index (κ3) is 4.00. The topological polar surface area (TPSA) is 17.8 Å². The molecule has 2 aromatic rings. The van der Waals surface area contributed by atoms with Crippen LogP contribution in [0.25, 0.3) is 0 Å². The molecule has 0 amide bonds. The van der Waals surface area contributed by atoms with Crippen molar-refractivity contribution in [1.82, 2.24) is 9.55 Å². The lowest BCUT2D eigenvalue weighted by atomic mass is 9.99. The second kappa shape index (κ2) is 7.70. The van der Waals surface area contributed by atoms with Crippen LogP contribution >= 0.6 is 23.2 Å². The molecular weight excluding hydrogens is 291 g/mol. The maximum atomic E-state index is 6.36. The Bertz CT molecular complexity index is 523. The van der Waals surface area contributed by atoms with Crippen molar-refractivity contribution >= 4 is 23.2 Å². The van der Waals surface area contributed by atoms with E-state index in [9.17, 15) is 0 Å². The third-order valence-electron chi connectivity index (χ3n) is 3.54. The number of nitrogens with zero attached hydrogens (tertiary/aromatic N) is 2. The second-order valence-electron chi connectivity index (χ2n) is 5.04. The van der Waals surface area contributed by atoms with E-state index in [0.717, 1.165) is 17.0 Å². The van der Waals surface area contributed by atoms with Gasteiger partial charge in [-0.25, -0.2) is 4.98 Å². The van der Waals surface area contributed by atoms with Crippen molar-refractivity contribution < 1.29 is 0 Å². The Morgan fingerprint density at radius 1 is 1.20 bits per heavy atom. The summed E-state index contributed by atoms with van der Waals surface area (Å²) < 4.78 is 2.13. The number of aromatic nitrogens is 2. The summed E-state index contributed by atoms with van der Waals surface area (Å²) in [5.41, 5.74) is 1.12.